The molecule has 0 bridgehead atoms. The van der Waals surface area contributed by atoms with Gasteiger partial charge in [0.1, 0.15) is 5.75 Å². The van der Waals surface area contributed by atoms with Crippen molar-refractivity contribution in [2.45, 2.75) is 20.3 Å². The van der Waals surface area contributed by atoms with Crippen LogP contribution in [0.4, 0.5) is 0 Å². The first-order valence-corrected chi connectivity index (χ1v) is 10.3. The number of carboxylic acids is 1. The fourth-order valence-electron chi connectivity index (χ4n) is 3.24. The number of nitrogens with zero attached hydrogens (tertiary/aromatic N) is 2. The van der Waals surface area contributed by atoms with Gasteiger partial charge in [-0.3, -0.25) is 9.20 Å². The smallest absolute Gasteiger partial charge is 0.309 e. The van der Waals surface area contributed by atoms with Crippen LogP contribution in [-0.2, 0) is 11.2 Å². The van der Waals surface area contributed by atoms with E-state index in [0.717, 1.165) is 26.0 Å². The lowest BCUT2D eigenvalue weighted by atomic mass is 10.1. The van der Waals surface area contributed by atoms with E-state index in [1.165, 1.54) is 0 Å². The second-order valence-electron chi connectivity index (χ2n) is 6.01. The number of aliphatic carboxylic acids is 1. The molecule has 1 N–H and O–H groups in total. The van der Waals surface area contributed by atoms with Crippen molar-refractivity contribution in [3.05, 3.63) is 52.3 Å². The van der Waals surface area contributed by atoms with Gasteiger partial charge in [-0.15, -0.1) is 22.7 Å². The van der Waals surface area contributed by atoms with Gasteiger partial charge in [-0.2, -0.15) is 0 Å². The number of aryl methyl sites for hydroxylation is 1. The SMILES string of the molecule is CCOc1ccccc1-c1nc2sc(C)c(-c3cccs3)n2c1CC(=O)O. The predicted octanol–water partition coefficient (Wildman–Crippen LogP) is 5.13. The summed E-state index contributed by atoms with van der Waals surface area (Å²) in [7, 11) is 0. The largest absolute Gasteiger partial charge is 0.493 e. The van der Waals surface area contributed by atoms with E-state index >= 15 is 0 Å². The Labute approximate surface area is 164 Å². The van der Waals surface area contributed by atoms with Gasteiger partial charge >= 0.3 is 5.97 Å². The molecule has 3 aromatic heterocycles. The number of thiophene rings is 1. The highest BCUT2D eigenvalue weighted by molar-refractivity contribution is 7.18. The van der Waals surface area contributed by atoms with Crippen LogP contribution in [0.25, 0.3) is 26.8 Å². The van der Waals surface area contributed by atoms with E-state index in [-0.39, 0.29) is 6.42 Å². The van der Waals surface area contributed by atoms with Gasteiger partial charge in [0.05, 0.1) is 35.0 Å². The molecule has 27 heavy (non-hydrogen) atoms. The quantitative estimate of drug-likeness (QED) is 0.489. The Kier molecular flexibility index (Phi) is 4.72. The molecule has 0 fully saturated rings. The Morgan fingerprint density at radius 1 is 1.26 bits per heavy atom. The van der Waals surface area contributed by atoms with Crippen LogP contribution in [0.3, 0.4) is 0 Å². The average molecular weight is 399 g/mol. The molecular formula is C20H18N2O3S2. The van der Waals surface area contributed by atoms with E-state index in [2.05, 4.69) is 6.07 Å². The minimum Gasteiger partial charge on any atom is -0.493 e. The number of thiazole rings is 1. The molecule has 0 aliphatic rings. The average Bonchev–Trinajstić information content (AvgIpc) is 3.33. The molecular weight excluding hydrogens is 380 g/mol. The molecule has 0 amide bonds. The Morgan fingerprint density at radius 3 is 2.78 bits per heavy atom. The summed E-state index contributed by atoms with van der Waals surface area (Å²) in [5, 5.41) is 11.6. The van der Waals surface area contributed by atoms with Crippen molar-refractivity contribution in [1.29, 1.82) is 0 Å². The van der Waals surface area contributed by atoms with E-state index in [1.807, 2.05) is 54.0 Å². The molecule has 138 valence electrons. The topological polar surface area (TPSA) is 63.8 Å². The first-order chi connectivity index (χ1) is 13.1. The Bertz CT molecular complexity index is 1110. The number of hydrogen-bond acceptors (Lipinski definition) is 5. The highest BCUT2D eigenvalue weighted by Gasteiger charge is 2.24. The van der Waals surface area contributed by atoms with Crippen molar-refractivity contribution in [2.75, 3.05) is 6.61 Å². The maximum atomic E-state index is 11.6. The molecule has 0 spiro atoms. The van der Waals surface area contributed by atoms with Crippen LogP contribution in [0.2, 0.25) is 0 Å². The second kappa shape index (κ2) is 7.17. The van der Waals surface area contributed by atoms with Crippen LogP contribution in [0.5, 0.6) is 5.75 Å². The number of aromatic nitrogens is 2. The van der Waals surface area contributed by atoms with Crippen LogP contribution in [0, 0.1) is 6.92 Å². The number of carboxylic acid groups (broad SMARTS) is 1. The van der Waals surface area contributed by atoms with E-state index < -0.39 is 5.97 Å². The van der Waals surface area contributed by atoms with Crippen molar-refractivity contribution < 1.29 is 14.6 Å². The molecule has 0 unspecified atom stereocenters. The maximum Gasteiger partial charge on any atom is 0.309 e. The van der Waals surface area contributed by atoms with Crippen LogP contribution in [-0.4, -0.2) is 27.1 Å². The van der Waals surface area contributed by atoms with Crippen molar-refractivity contribution in [3.63, 3.8) is 0 Å². The van der Waals surface area contributed by atoms with Gasteiger partial charge in [0.15, 0.2) is 4.96 Å². The van der Waals surface area contributed by atoms with Gasteiger partial charge in [0.25, 0.3) is 0 Å². The summed E-state index contributed by atoms with van der Waals surface area (Å²) in [6, 6.07) is 11.7. The number of carbonyl (C=O) groups is 1. The highest BCUT2D eigenvalue weighted by atomic mass is 32.1. The maximum absolute atomic E-state index is 11.6. The van der Waals surface area contributed by atoms with Crippen molar-refractivity contribution >= 4 is 33.6 Å². The number of para-hydroxylation sites is 1. The van der Waals surface area contributed by atoms with Gasteiger partial charge in [0, 0.05) is 10.4 Å². The summed E-state index contributed by atoms with van der Waals surface area (Å²) in [4.78, 5) is 19.5. The van der Waals surface area contributed by atoms with Crippen molar-refractivity contribution in [3.8, 4) is 27.6 Å². The van der Waals surface area contributed by atoms with Gasteiger partial charge < -0.3 is 9.84 Å². The van der Waals surface area contributed by atoms with Crippen LogP contribution in [0.15, 0.2) is 41.8 Å². The first kappa shape index (κ1) is 17.8. The summed E-state index contributed by atoms with van der Waals surface area (Å²) in [6.45, 7) is 4.51. The summed E-state index contributed by atoms with van der Waals surface area (Å²) >= 11 is 3.22. The summed E-state index contributed by atoms with van der Waals surface area (Å²) < 4.78 is 7.76. The van der Waals surface area contributed by atoms with Crippen LogP contribution < -0.4 is 4.74 Å². The van der Waals surface area contributed by atoms with Gasteiger partial charge in [-0.25, -0.2) is 4.98 Å². The molecule has 0 saturated carbocycles. The molecule has 0 aliphatic carbocycles. The molecule has 1 aromatic carbocycles. The van der Waals surface area contributed by atoms with E-state index in [9.17, 15) is 9.90 Å². The third kappa shape index (κ3) is 3.13. The number of imidazole rings is 1. The van der Waals surface area contributed by atoms with Gasteiger partial charge in [0.2, 0.25) is 0 Å². The van der Waals surface area contributed by atoms with Crippen LogP contribution >= 0.6 is 22.7 Å². The van der Waals surface area contributed by atoms with Gasteiger partial charge in [-0.05, 0) is 37.4 Å². The Morgan fingerprint density at radius 2 is 2.07 bits per heavy atom. The third-order valence-corrected chi connectivity index (χ3v) is 6.09. The monoisotopic (exact) mass is 398 g/mol. The molecule has 0 radical (unpaired) electrons. The molecule has 5 nitrogen and oxygen atoms in total. The van der Waals surface area contributed by atoms with E-state index in [0.29, 0.717) is 23.7 Å². The minimum absolute atomic E-state index is 0.106. The highest BCUT2D eigenvalue weighted by Crippen LogP contribution is 2.40. The molecule has 0 saturated heterocycles. The zero-order valence-corrected chi connectivity index (χ0v) is 16.6. The third-order valence-electron chi connectivity index (χ3n) is 4.26. The second-order valence-corrected chi connectivity index (χ2v) is 8.14. The van der Waals surface area contributed by atoms with E-state index in [4.69, 9.17) is 9.72 Å². The zero-order valence-electron chi connectivity index (χ0n) is 14.9. The molecule has 7 heteroatoms. The van der Waals surface area contributed by atoms with E-state index in [1.54, 1.807) is 22.7 Å². The standard InChI is InChI=1S/C20H18N2O3S2/c1-3-25-15-8-5-4-7-13(15)18-14(11-17(23)24)22-19(16-9-6-10-26-16)12(2)27-20(22)21-18/h4-10H,3,11H2,1-2H3,(H,23,24). The molecule has 0 aliphatic heterocycles. The number of benzene rings is 1. The summed E-state index contributed by atoms with van der Waals surface area (Å²) in [6.07, 6.45) is -0.106. The lowest BCUT2D eigenvalue weighted by Crippen LogP contribution is -2.06. The predicted molar refractivity (Wildman–Crippen MR) is 109 cm³/mol. The van der Waals surface area contributed by atoms with Crippen molar-refractivity contribution in [2.24, 2.45) is 0 Å². The zero-order chi connectivity index (χ0) is 19.0. The molecule has 4 rings (SSSR count). The Balaban J connectivity index is 2.01. The Hall–Kier alpha value is -2.64. The molecule has 4 aromatic rings. The van der Waals surface area contributed by atoms with Crippen LogP contribution in [0.1, 0.15) is 17.5 Å². The lowest BCUT2D eigenvalue weighted by molar-refractivity contribution is -0.136. The lowest BCUT2D eigenvalue weighted by Gasteiger charge is -2.10. The number of fused-ring (bicyclic) bond motifs is 1. The van der Waals surface area contributed by atoms with Gasteiger partial charge in [-0.1, -0.05) is 18.2 Å². The summed E-state index contributed by atoms with van der Waals surface area (Å²) in [5.74, 6) is -0.167. The first-order valence-electron chi connectivity index (χ1n) is 8.58. The number of hydrogen-bond donors (Lipinski definition) is 1. The normalized spacial score (nSPS) is 11.2. The molecule has 0 atom stereocenters. The van der Waals surface area contributed by atoms with Crippen molar-refractivity contribution in [1.82, 2.24) is 9.38 Å². The fraction of sp³-hybridized carbons (Fsp3) is 0.200. The summed E-state index contributed by atoms with van der Waals surface area (Å²) in [5.41, 5.74) is 3.19. The number of ether oxygens (including phenoxy) is 1. The fourth-order valence-corrected chi connectivity index (χ4v) is 5.12. The molecule has 3 heterocycles. The number of rotatable bonds is 6. The minimum atomic E-state index is -0.882.